The molecule has 4 nitrogen and oxygen atoms in total. The molecule has 0 radical (unpaired) electrons. The third-order valence-electron chi connectivity index (χ3n) is 8.73. The molecule has 0 aromatic heterocycles. The highest BCUT2D eigenvalue weighted by Gasteiger charge is 2.37. The quantitative estimate of drug-likeness (QED) is 0.217. The first-order valence-electron chi connectivity index (χ1n) is 15.5. The van der Waals surface area contributed by atoms with Crippen molar-refractivity contribution in [2.75, 3.05) is 0 Å². The van der Waals surface area contributed by atoms with E-state index in [-0.39, 0.29) is 5.16 Å². The number of hydrogen-bond donors (Lipinski definition) is 2. The van der Waals surface area contributed by atoms with Crippen LogP contribution in [0, 0.1) is 0 Å². The fraction of sp³-hybridized carbons (Fsp3) is 0.933. The van der Waals surface area contributed by atoms with Crippen molar-refractivity contribution < 1.29 is 0 Å². The minimum Gasteiger partial charge on any atom is -0.367 e. The molecule has 4 fully saturated rings. The molecule has 4 saturated carbocycles. The van der Waals surface area contributed by atoms with Gasteiger partial charge in [0.1, 0.15) is 11.2 Å². The molecule has 0 bridgehead atoms. The van der Waals surface area contributed by atoms with Gasteiger partial charge in [-0.3, -0.25) is 9.98 Å². The van der Waals surface area contributed by atoms with E-state index < -0.39 is 7.92 Å². The van der Waals surface area contributed by atoms with Gasteiger partial charge in [-0.2, -0.15) is 0 Å². The normalized spacial score (nSPS) is 26.5. The van der Waals surface area contributed by atoms with Gasteiger partial charge in [0.2, 0.25) is 0 Å². The van der Waals surface area contributed by atoms with Gasteiger partial charge in [-0.05, 0) is 56.5 Å². The summed E-state index contributed by atoms with van der Waals surface area (Å²) < 4.78 is 0. The molecule has 0 aromatic carbocycles. The molecule has 0 amide bonds. The molecule has 0 spiro atoms. The fourth-order valence-corrected chi connectivity index (χ4v) is 9.33. The topological polar surface area (TPSA) is 48.8 Å². The highest BCUT2D eigenvalue weighted by atomic mass is 31.1. The van der Waals surface area contributed by atoms with Crippen LogP contribution in [0.25, 0.3) is 0 Å². The highest BCUT2D eigenvalue weighted by molar-refractivity contribution is 7.90. The zero-order valence-electron chi connectivity index (χ0n) is 23.3. The Bertz CT molecular complexity index is 621. The molecule has 0 aliphatic heterocycles. The van der Waals surface area contributed by atoms with Crippen LogP contribution in [-0.2, 0) is 0 Å². The van der Waals surface area contributed by atoms with E-state index >= 15 is 0 Å². The van der Waals surface area contributed by atoms with Crippen molar-refractivity contribution in [3.8, 4) is 0 Å². The lowest BCUT2D eigenvalue weighted by molar-refractivity contribution is 0.409. The van der Waals surface area contributed by atoms with Crippen LogP contribution in [0.5, 0.6) is 0 Å². The summed E-state index contributed by atoms with van der Waals surface area (Å²) in [7, 11) is -0.650. The van der Waals surface area contributed by atoms with Crippen LogP contribution in [0.15, 0.2) is 9.98 Å². The summed E-state index contributed by atoms with van der Waals surface area (Å²) in [6.45, 7) is 7.36. The van der Waals surface area contributed by atoms with Crippen molar-refractivity contribution >= 4 is 19.1 Å². The molecule has 0 saturated heterocycles. The van der Waals surface area contributed by atoms with Gasteiger partial charge in [-0.25, -0.2) is 0 Å². The van der Waals surface area contributed by atoms with Gasteiger partial charge in [0.05, 0.1) is 12.1 Å². The third kappa shape index (κ3) is 8.72. The van der Waals surface area contributed by atoms with E-state index in [0.717, 1.165) is 0 Å². The van der Waals surface area contributed by atoms with Gasteiger partial charge in [-0.15, -0.1) is 0 Å². The molecule has 0 atom stereocenters. The Morgan fingerprint density at radius 1 is 0.514 bits per heavy atom. The SMILES string of the molecule is CC(C)(C)P(C(=NC1CCCCC1)NC1CCCCC1)C(=NC1CCCCC1)NC1CCCCC1. The smallest absolute Gasteiger partial charge is 0.128 e. The van der Waals surface area contributed by atoms with Gasteiger partial charge in [-0.1, -0.05) is 97.8 Å². The second kappa shape index (κ2) is 13.8. The second-order valence-electron chi connectivity index (χ2n) is 13.0. The Morgan fingerprint density at radius 2 is 0.829 bits per heavy atom. The minimum absolute atomic E-state index is 0.139. The van der Waals surface area contributed by atoms with Crippen LogP contribution in [0.1, 0.15) is 149 Å². The average molecular weight is 503 g/mol. The summed E-state index contributed by atoms with van der Waals surface area (Å²) in [4.78, 5) is 11.2. The first-order valence-corrected chi connectivity index (χ1v) is 16.8. The maximum absolute atomic E-state index is 5.62. The molecule has 35 heavy (non-hydrogen) atoms. The Hall–Kier alpha value is -0.630. The van der Waals surface area contributed by atoms with Crippen LogP contribution >= 0.6 is 7.92 Å². The van der Waals surface area contributed by atoms with Crippen LogP contribution < -0.4 is 10.6 Å². The molecule has 0 aromatic rings. The Kier molecular flexibility index (Phi) is 10.8. The molecule has 200 valence electrons. The lowest BCUT2D eigenvalue weighted by atomic mass is 9.95. The first-order chi connectivity index (χ1) is 17.0. The molecular weight excluding hydrogens is 447 g/mol. The molecule has 5 heteroatoms. The van der Waals surface area contributed by atoms with Gasteiger partial charge in [0.15, 0.2) is 0 Å². The molecule has 4 rings (SSSR count). The number of nitrogens with one attached hydrogen (secondary N) is 2. The summed E-state index contributed by atoms with van der Waals surface area (Å²) in [6, 6.07) is 2.22. The fourth-order valence-electron chi connectivity index (χ4n) is 6.68. The van der Waals surface area contributed by atoms with Crippen LogP contribution in [0.3, 0.4) is 0 Å². The molecule has 0 unspecified atom stereocenters. The average Bonchev–Trinajstić information content (AvgIpc) is 2.86. The van der Waals surface area contributed by atoms with Crippen molar-refractivity contribution in [2.24, 2.45) is 9.98 Å². The number of hydrogen-bond acceptors (Lipinski definition) is 2. The maximum atomic E-state index is 5.62. The van der Waals surface area contributed by atoms with Gasteiger partial charge < -0.3 is 10.6 Å². The summed E-state index contributed by atoms with van der Waals surface area (Å²) in [5, 5.41) is 8.38. The Balaban J connectivity index is 1.67. The van der Waals surface area contributed by atoms with Crippen LogP contribution in [0.4, 0.5) is 0 Å². The molecule has 2 N–H and O–H groups in total. The zero-order valence-corrected chi connectivity index (χ0v) is 24.2. The van der Waals surface area contributed by atoms with Crippen LogP contribution in [0.2, 0.25) is 0 Å². The minimum atomic E-state index is -0.650. The predicted molar refractivity (Wildman–Crippen MR) is 155 cm³/mol. The predicted octanol–water partition coefficient (Wildman–Crippen LogP) is 8.49. The molecule has 4 aliphatic carbocycles. The van der Waals surface area contributed by atoms with E-state index in [1.54, 1.807) is 0 Å². The van der Waals surface area contributed by atoms with Crippen LogP contribution in [-0.4, -0.2) is 40.5 Å². The standard InChI is InChI=1S/C30H55N4P/c1-30(2,3)35(28(31-24-16-8-4-9-17-24)32-25-18-10-5-11-19-25)29(33-26-20-12-6-13-21-26)34-27-22-14-7-15-23-27/h24-27H,4-23H2,1-3H3,(H,31,32)(H,33,34). The maximum Gasteiger partial charge on any atom is 0.128 e. The van der Waals surface area contributed by atoms with E-state index in [2.05, 4.69) is 31.4 Å². The summed E-state index contributed by atoms with van der Waals surface area (Å²) in [6.07, 6.45) is 26.8. The highest BCUT2D eigenvalue weighted by Crippen LogP contribution is 2.52. The van der Waals surface area contributed by atoms with E-state index in [1.165, 1.54) is 140 Å². The largest absolute Gasteiger partial charge is 0.367 e. The Morgan fingerprint density at radius 3 is 1.14 bits per heavy atom. The lowest BCUT2D eigenvalue weighted by Crippen LogP contribution is -2.45. The summed E-state index contributed by atoms with van der Waals surface area (Å²) >= 11 is 0. The lowest BCUT2D eigenvalue weighted by Gasteiger charge is -2.39. The van der Waals surface area contributed by atoms with Gasteiger partial charge >= 0.3 is 0 Å². The molecular formula is C30H55N4P. The van der Waals surface area contributed by atoms with Gasteiger partial charge in [0, 0.05) is 20.0 Å². The van der Waals surface area contributed by atoms with E-state index in [1.807, 2.05) is 0 Å². The first kappa shape index (κ1) is 27.4. The second-order valence-corrected chi connectivity index (χ2v) is 15.8. The number of amidine groups is 2. The number of rotatable bonds is 6. The zero-order chi connectivity index (χ0) is 24.5. The van der Waals surface area contributed by atoms with E-state index in [4.69, 9.17) is 9.98 Å². The van der Waals surface area contributed by atoms with Gasteiger partial charge in [0.25, 0.3) is 0 Å². The Labute approximate surface area is 218 Å². The van der Waals surface area contributed by atoms with Crippen molar-refractivity contribution in [3.05, 3.63) is 0 Å². The summed E-state index contributed by atoms with van der Waals surface area (Å²) in [5.41, 5.74) is 2.67. The molecule has 4 aliphatic rings. The third-order valence-corrected chi connectivity index (χ3v) is 11.4. The van der Waals surface area contributed by atoms with Crippen molar-refractivity contribution in [3.63, 3.8) is 0 Å². The van der Waals surface area contributed by atoms with Crippen molar-refractivity contribution in [2.45, 2.75) is 179 Å². The number of nitrogens with zero attached hydrogens (tertiary/aromatic N) is 2. The van der Waals surface area contributed by atoms with Crippen molar-refractivity contribution in [1.29, 1.82) is 0 Å². The van der Waals surface area contributed by atoms with Crippen molar-refractivity contribution in [1.82, 2.24) is 10.6 Å². The number of aliphatic imine (C=N–C) groups is 2. The molecule has 0 heterocycles. The summed E-state index contributed by atoms with van der Waals surface area (Å²) in [5.74, 6) is 0. The van der Waals surface area contributed by atoms with E-state index in [9.17, 15) is 0 Å². The monoisotopic (exact) mass is 502 g/mol. The van der Waals surface area contributed by atoms with E-state index in [0.29, 0.717) is 24.2 Å².